The monoisotopic (exact) mass is 310 g/mol. The van der Waals surface area contributed by atoms with Crippen LogP contribution in [0.15, 0.2) is 18.2 Å². The van der Waals surface area contributed by atoms with Crippen molar-refractivity contribution >= 4 is 23.4 Å². The largest absolute Gasteiger partial charge is 0.484 e. The lowest BCUT2D eigenvalue weighted by molar-refractivity contribution is -0.136. The summed E-state index contributed by atoms with van der Waals surface area (Å²) < 4.78 is 5.49. The minimum Gasteiger partial charge on any atom is -0.484 e. The normalized spacial score (nSPS) is 18.4. The lowest BCUT2D eigenvalue weighted by Crippen LogP contribution is -2.45. The van der Waals surface area contributed by atoms with E-state index in [1.54, 1.807) is 23.1 Å². The predicted molar refractivity (Wildman–Crippen MR) is 80.2 cm³/mol. The van der Waals surface area contributed by atoms with Crippen molar-refractivity contribution in [1.82, 2.24) is 4.90 Å². The minimum absolute atomic E-state index is 0.0491. The van der Waals surface area contributed by atoms with Crippen LogP contribution < -0.4 is 10.5 Å². The number of carbonyl (C=O) groups excluding carboxylic acids is 2. The summed E-state index contributed by atoms with van der Waals surface area (Å²) in [7, 11) is 0. The van der Waals surface area contributed by atoms with Gasteiger partial charge in [-0.25, -0.2) is 0 Å². The van der Waals surface area contributed by atoms with E-state index in [0.717, 1.165) is 18.4 Å². The first-order valence-electron chi connectivity index (χ1n) is 6.93. The maximum absolute atomic E-state index is 12.1. The van der Waals surface area contributed by atoms with Crippen LogP contribution in [0.3, 0.4) is 0 Å². The van der Waals surface area contributed by atoms with Crippen LogP contribution in [0.25, 0.3) is 0 Å². The summed E-state index contributed by atoms with van der Waals surface area (Å²) in [6.07, 6.45) is 1.54. The van der Waals surface area contributed by atoms with Crippen molar-refractivity contribution < 1.29 is 14.3 Å². The molecule has 0 aromatic heterocycles. The highest BCUT2D eigenvalue weighted by molar-refractivity contribution is 6.31. The zero-order valence-electron chi connectivity index (χ0n) is 12.0. The molecule has 6 heteroatoms. The Morgan fingerprint density at radius 1 is 1.48 bits per heavy atom. The van der Waals surface area contributed by atoms with Crippen LogP contribution in [-0.2, 0) is 9.59 Å². The number of hydrogen-bond acceptors (Lipinski definition) is 3. The average molecular weight is 311 g/mol. The van der Waals surface area contributed by atoms with Crippen LogP contribution in [0.4, 0.5) is 0 Å². The van der Waals surface area contributed by atoms with E-state index in [0.29, 0.717) is 23.9 Å². The summed E-state index contributed by atoms with van der Waals surface area (Å²) in [6, 6.07) is 5.25. The number of piperidine rings is 1. The van der Waals surface area contributed by atoms with Gasteiger partial charge in [-0.2, -0.15) is 0 Å². The Bertz CT molecular complexity index is 548. The fraction of sp³-hybridized carbons (Fsp3) is 0.467. The zero-order chi connectivity index (χ0) is 15.4. The number of ether oxygens (including phenoxy) is 1. The molecule has 1 heterocycles. The van der Waals surface area contributed by atoms with Gasteiger partial charge in [-0.3, -0.25) is 9.59 Å². The number of nitrogens with zero attached hydrogens (tertiary/aromatic N) is 1. The molecule has 2 N–H and O–H groups in total. The Balaban J connectivity index is 1.89. The number of rotatable bonds is 4. The summed E-state index contributed by atoms with van der Waals surface area (Å²) in [5.41, 5.74) is 6.20. The summed E-state index contributed by atoms with van der Waals surface area (Å²) >= 11 is 5.94. The molecule has 0 spiro atoms. The second-order valence-electron chi connectivity index (χ2n) is 5.28. The van der Waals surface area contributed by atoms with E-state index in [2.05, 4.69) is 0 Å². The molecule has 5 nitrogen and oxygen atoms in total. The third kappa shape index (κ3) is 4.11. The molecule has 0 aliphatic carbocycles. The maximum Gasteiger partial charge on any atom is 0.260 e. The fourth-order valence-corrected chi connectivity index (χ4v) is 2.50. The Morgan fingerprint density at radius 2 is 2.24 bits per heavy atom. The molecule has 1 aromatic carbocycles. The van der Waals surface area contributed by atoms with E-state index < -0.39 is 0 Å². The van der Waals surface area contributed by atoms with Gasteiger partial charge >= 0.3 is 0 Å². The molecular formula is C15H19ClN2O3. The number of nitrogens with two attached hydrogens (primary N) is 1. The predicted octanol–water partition coefficient (Wildman–Crippen LogP) is 1.75. The van der Waals surface area contributed by atoms with Crippen LogP contribution in [0.1, 0.15) is 18.4 Å². The van der Waals surface area contributed by atoms with E-state index in [1.807, 2.05) is 6.92 Å². The Labute approximate surface area is 129 Å². The Hall–Kier alpha value is -1.75. The first kappa shape index (κ1) is 15.6. The Morgan fingerprint density at radius 3 is 2.90 bits per heavy atom. The molecule has 0 bridgehead atoms. The molecule has 1 saturated heterocycles. The van der Waals surface area contributed by atoms with Gasteiger partial charge in [-0.1, -0.05) is 11.6 Å². The zero-order valence-corrected chi connectivity index (χ0v) is 12.7. The molecule has 0 saturated carbocycles. The van der Waals surface area contributed by atoms with E-state index in [1.165, 1.54) is 0 Å². The summed E-state index contributed by atoms with van der Waals surface area (Å²) in [6.45, 7) is 2.86. The van der Waals surface area contributed by atoms with Crippen LogP contribution in [-0.4, -0.2) is 36.4 Å². The lowest BCUT2D eigenvalue weighted by Gasteiger charge is -2.31. The summed E-state index contributed by atoms with van der Waals surface area (Å²) in [4.78, 5) is 25.0. The molecule has 1 fully saturated rings. The van der Waals surface area contributed by atoms with Crippen LogP contribution in [0.5, 0.6) is 5.75 Å². The molecule has 21 heavy (non-hydrogen) atoms. The molecule has 1 aliphatic heterocycles. The maximum atomic E-state index is 12.1. The number of likely N-dealkylation sites (tertiary alicyclic amines) is 1. The van der Waals surface area contributed by atoms with Crippen LogP contribution in [0, 0.1) is 12.8 Å². The fourth-order valence-electron chi connectivity index (χ4n) is 2.38. The van der Waals surface area contributed by atoms with Crippen molar-refractivity contribution in [2.45, 2.75) is 19.8 Å². The van der Waals surface area contributed by atoms with Gasteiger partial charge in [-0.15, -0.1) is 0 Å². The molecule has 1 aliphatic rings. The van der Waals surface area contributed by atoms with Crippen LogP contribution >= 0.6 is 11.6 Å². The van der Waals surface area contributed by atoms with E-state index in [4.69, 9.17) is 22.1 Å². The van der Waals surface area contributed by atoms with Gasteiger partial charge in [0, 0.05) is 18.1 Å². The SMILES string of the molecule is Cc1cc(OCC(=O)N2CCCC(C(N)=O)C2)ccc1Cl. The first-order valence-corrected chi connectivity index (χ1v) is 7.31. The standard InChI is InChI=1S/C15H19ClN2O3/c1-10-7-12(4-5-13(10)16)21-9-14(19)18-6-2-3-11(8-18)15(17)20/h4-5,7,11H,2-3,6,8-9H2,1H3,(H2,17,20). The van der Waals surface area contributed by atoms with Crippen molar-refractivity contribution in [1.29, 1.82) is 0 Å². The first-order chi connectivity index (χ1) is 9.97. The van der Waals surface area contributed by atoms with E-state index in [-0.39, 0.29) is 24.3 Å². The second kappa shape index (κ2) is 6.80. The molecule has 0 radical (unpaired) electrons. The summed E-state index contributed by atoms with van der Waals surface area (Å²) in [5.74, 6) is -0.121. The molecule has 1 atom stereocenters. The Kier molecular flexibility index (Phi) is 5.07. The number of halogens is 1. The van der Waals surface area contributed by atoms with Crippen molar-refractivity contribution in [3.05, 3.63) is 28.8 Å². The van der Waals surface area contributed by atoms with Crippen molar-refractivity contribution in [3.63, 3.8) is 0 Å². The van der Waals surface area contributed by atoms with Gasteiger partial charge in [0.2, 0.25) is 5.91 Å². The molecule has 2 amide bonds. The van der Waals surface area contributed by atoms with Crippen molar-refractivity contribution in [2.75, 3.05) is 19.7 Å². The number of primary amides is 1. The lowest BCUT2D eigenvalue weighted by atomic mass is 9.97. The molecule has 1 aromatic rings. The van der Waals surface area contributed by atoms with Gasteiger partial charge in [0.25, 0.3) is 5.91 Å². The van der Waals surface area contributed by atoms with E-state index in [9.17, 15) is 9.59 Å². The van der Waals surface area contributed by atoms with E-state index >= 15 is 0 Å². The van der Waals surface area contributed by atoms with Crippen molar-refractivity contribution in [3.8, 4) is 5.75 Å². The number of aryl methyl sites for hydroxylation is 1. The van der Waals surface area contributed by atoms with Gasteiger partial charge in [0.1, 0.15) is 5.75 Å². The third-order valence-corrected chi connectivity index (χ3v) is 4.09. The molecular weight excluding hydrogens is 292 g/mol. The summed E-state index contributed by atoms with van der Waals surface area (Å²) in [5, 5.41) is 0.661. The number of hydrogen-bond donors (Lipinski definition) is 1. The second-order valence-corrected chi connectivity index (χ2v) is 5.69. The van der Waals surface area contributed by atoms with Gasteiger partial charge in [0.15, 0.2) is 6.61 Å². The number of amides is 2. The molecule has 2 rings (SSSR count). The minimum atomic E-state index is -0.346. The number of carbonyl (C=O) groups is 2. The van der Waals surface area contributed by atoms with Gasteiger partial charge in [-0.05, 0) is 43.5 Å². The molecule has 114 valence electrons. The van der Waals surface area contributed by atoms with Crippen LogP contribution in [0.2, 0.25) is 5.02 Å². The highest BCUT2D eigenvalue weighted by Crippen LogP contribution is 2.21. The third-order valence-electron chi connectivity index (χ3n) is 3.67. The quantitative estimate of drug-likeness (QED) is 0.921. The van der Waals surface area contributed by atoms with Gasteiger partial charge in [0.05, 0.1) is 5.92 Å². The van der Waals surface area contributed by atoms with Gasteiger partial charge < -0.3 is 15.4 Å². The average Bonchev–Trinajstić information content (AvgIpc) is 2.48. The highest BCUT2D eigenvalue weighted by Gasteiger charge is 2.27. The number of benzene rings is 1. The molecule has 1 unspecified atom stereocenters. The van der Waals surface area contributed by atoms with Crippen molar-refractivity contribution in [2.24, 2.45) is 11.7 Å². The smallest absolute Gasteiger partial charge is 0.260 e. The topological polar surface area (TPSA) is 72.6 Å². The highest BCUT2D eigenvalue weighted by atomic mass is 35.5.